The second-order valence-electron chi connectivity index (χ2n) is 6.44. The standard InChI is InChI=1S/C22H31NS/c1-3-5-6-7-8-9-17-24-21-14-12-20(13-15-21)22-16-11-19(10-4-2)18-23-22/h11-16,18H,3-10,17H2,1-2H3. The molecule has 0 aliphatic heterocycles. The molecule has 0 spiro atoms. The lowest BCUT2D eigenvalue weighted by Crippen LogP contribution is -1.88. The van der Waals surface area contributed by atoms with Crippen LogP contribution in [-0.4, -0.2) is 10.7 Å². The van der Waals surface area contributed by atoms with E-state index >= 15 is 0 Å². The molecule has 0 amide bonds. The average Bonchev–Trinajstić information content (AvgIpc) is 2.62. The van der Waals surface area contributed by atoms with Crippen LogP contribution in [0.25, 0.3) is 11.3 Å². The maximum atomic E-state index is 4.60. The molecule has 0 saturated heterocycles. The van der Waals surface area contributed by atoms with Gasteiger partial charge in [0.15, 0.2) is 0 Å². The van der Waals surface area contributed by atoms with Crippen LogP contribution in [-0.2, 0) is 6.42 Å². The first kappa shape index (κ1) is 19.1. The van der Waals surface area contributed by atoms with E-state index in [0.29, 0.717) is 0 Å². The molecule has 0 radical (unpaired) electrons. The van der Waals surface area contributed by atoms with Crippen LogP contribution in [0.5, 0.6) is 0 Å². The summed E-state index contributed by atoms with van der Waals surface area (Å²) in [6, 6.07) is 13.2. The van der Waals surface area contributed by atoms with Crippen LogP contribution in [0.3, 0.4) is 0 Å². The number of hydrogen-bond acceptors (Lipinski definition) is 2. The molecule has 2 rings (SSSR count). The molecular weight excluding hydrogens is 310 g/mol. The Morgan fingerprint density at radius 2 is 1.54 bits per heavy atom. The fraction of sp³-hybridized carbons (Fsp3) is 0.500. The molecule has 0 atom stereocenters. The summed E-state index contributed by atoms with van der Waals surface area (Å²) < 4.78 is 0. The molecule has 0 N–H and O–H groups in total. The minimum atomic E-state index is 1.07. The van der Waals surface area contributed by atoms with Crippen LogP contribution >= 0.6 is 11.8 Å². The van der Waals surface area contributed by atoms with Gasteiger partial charge in [-0.3, -0.25) is 4.98 Å². The van der Waals surface area contributed by atoms with Crippen LogP contribution in [0.4, 0.5) is 0 Å². The third-order valence-electron chi connectivity index (χ3n) is 4.28. The van der Waals surface area contributed by atoms with E-state index in [-0.39, 0.29) is 0 Å². The predicted molar refractivity (Wildman–Crippen MR) is 108 cm³/mol. The maximum absolute atomic E-state index is 4.60. The van der Waals surface area contributed by atoms with Crippen LogP contribution in [0.1, 0.15) is 64.4 Å². The van der Waals surface area contributed by atoms with E-state index in [1.807, 2.05) is 18.0 Å². The highest BCUT2D eigenvalue weighted by Gasteiger charge is 2.01. The van der Waals surface area contributed by atoms with Gasteiger partial charge in [0.25, 0.3) is 0 Å². The molecule has 130 valence electrons. The van der Waals surface area contributed by atoms with Gasteiger partial charge in [0.05, 0.1) is 5.69 Å². The zero-order valence-electron chi connectivity index (χ0n) is 15.3. The molecule has 1 heterocycles. The van der Waals surface area contributed by atoms with Crippen molar-refractivity contribution in [2.24, 2.45) is 0 Å². The van der Waals surface area contributed by atoms with Crippen molar-refractivity contribution in [3.8, 4) is 11.3 Å². The van der Waals surface area contributed by atoms with Gasteiger partial charge in [-0.2, -0.15) is 0 Å². The molecule has 2 heteroatoms. The molecule has 1 aromatic carbocycles. The Hall–Kier alpha value is -1.28. The van der Waals surface area contributed by atoms with Crippen molar-refractivity contribution in [1.29, 1.82) is 0 Å². The van der Waals surface area contributed by atoms with Gasteiger partial charge >= 0.3 is 0 Å². The van der Waals surface area contributed by atoms with Crippen molar-refractivity contribution in [3.63, 3.8) is 0 Å². The van der Waals surface area contributed by atoms with Gasteiger partial charge in [-0.05, 0) is 42.4 Å². The van der Waals surface area contributed by atoms with Gasteiger partial charge in [-0.15, -0.1) is 11.8 Å². The topological polar surface area (TPSA) is 12.9 Å². The molecule has 0 aliphatic rings. The number of nitrogens with zero attached hydrogens (tertiary/aromatic N) is 1. The van der Waals surface area contributed by atoms with Crippen molar-refractivity contribution in [2.45, 2.75) is 70.1 Å². The van der Waals surface area contributed by atoms with E-state index in [2.05, 4.69) is 55.2 Å². The SMILES string of the molecule is CCCCCCCCSc1ccc(-c2ccc(CCC)cn2)cc1. The Balaban J connectivity index is 1.76. The fourth-order valence-corrected chi connectivity index (χ4v) is 3.74. The Kier molecular flexibility index (Phi) is 8.97. The first-order valence-corrected chi connectivity index (χ1v) is 10.5. The van der Waals surface area contributed by atoms with Gasteiger partial charge < -0.3 is 0 Å². The minimum Gasteiger partial charge on any atom is -0.256 e. The number of rotatable bonds is 11. The smallest absolute Gasteiger partial charge is 0.0702 e. The third-order valence-corrected chi connectivity index (χ3v) is 5.38. The third kappa shape index (κ3) is 6.68. The van der Waals surface area contributed by atoms with Crippen molar-refractivity contribution >= 4 is 11.8 Å². The highest BCUT2D eigenvalue weighted by atomic mass is 32.2. The van der Waals surface area contributed by atoms with E-state index < -0.39 is 0 Å². The maximum Gasteiger partial charge on any atom is 0.0702 e. The van der Waals surface area contributed by atoms with Crippen LogP contribution in [0.15, 0.2) is 47.5 Å². The summed E-state index contributed by atoms with van der Waals surface area (Å²) in [6.07, 6.45) is 12.5. The number of thioether (sulfide) groups is 1. The first-order valence-electron chi connectivity index (χ1n) is 9.51. The van der Waals surface area contributed by atoms with Crippen LogP contribution in [0, 0.1) is 0 Å². The molecule has 0 unspecified atom stereocenters. The minimum absolute atomic E-state index is 1.07. The zero-order chi connectivity index (χ0) is 17.0. The quantitative estimate of drug-likeness (QED) is 0.318. The van der Waals surface area contributed by atoms with Gasteiger partial charge in [-0.1, -0.05) is 70.6 Å². The second kappa shape index (κ2) is 11.3. The van der Waals surface area contributed by atoms with Crippen LogP contribution < -0.4 is 0 Å². The van der Waals surface area contributed by atoms with E-state index in [4.69, 9.17) is 0 Å². The van der Waals surface area contributed by atoms with E-state index in [9.17, 15) is 0 Å². The first-order chi connectivity index (χ1) is 11.8. The van der Waals surface area contributed by atoms with Gasteiger partial charge in [0, 0.05) is 16.7 Å². The van der Waals surface area contributed by atoms with Crippen molar-refractivity contribution in [2.75, 3.05) is 5.75 Å². The van der Waals surface area contributed by atoms with E-state index in [1.54, 1.807) is 0 Å². The molecule has 0 saturated carbocycles. The highest BCUT2D eigenvalue weighted by molar-refractivity contribution is 7.99. The summed E-state index contributed by atoms with van der Waals surface area (Å²) in [5.74, 6) is 1.23. The molecule has 1 nitrogen and oxygen atoms in total. The molecular formula is C22H31NS. The van der Waals surface area contributed by atoms with Crippen LogP contribution in [0.2, 0.25) is 0 Å². The molecule has 0 bridgehead atoms. The van der Waals surface area contributed by atoms with Crippen molar-refractivity contribution < 1.29 is 0 Å². The van der Waals surface area contributed by atoms with Gasteiger partial charge in [0.2, 0.25) is 0 Å². The Morgan fingerprint density at radius 3 is 2.21 bits per heavy atom. The molecule has 0 fully saturated rings. The summed E-state index contributed by atoms with van der Waals surface area (Å²) in [5.41, 5.74) is 3.61. The normalized spacial score (nSPS) is 10.9. The average molecular weight is 342 g/mol. The number of unbranched alkanes of at least 4 members (excludes halogenated alkanes) is 5. The molecule has 0 aliphatic carbocycles. The summed E-state index contributed by atoms with van der Waals surface area (Å²) in [5, 5.41) is 0. The highest BCUT2D eigenvalue weighted by Crippen LogP contribution is 2.24. The Bertz CT molecular complexity index is 560. The summed E-state index contributed by atoms with van der Waals surface area (Å²) in [4.78, 5) is 5.97. The lowest BCUT2D eigenvalue weighted by molar-refractivity contribution is 0.627. The van der Waals surface area contributed by atoms with Gasteiger partial charge in [-0.25, -0.2) is 0 Å². The van der Waals surface area contributed by atoms with E-state index in [1.165, 1.54) is 66.7 Å². The molecule has 2 aromatic rings. The van der Waals surface area contributed by atoms with Crippen molar-refractivity contribution in [1.82, 2.24) is 4.98 Å². The fourth-order valence-electron chi connectivity index (χ4n) is 2.83. The Morgan fingerprint density at radius 1 is 0.792 bits per heavy atom. The lowest BCUT2D eigenvalue weighted by atomic mass is 10.1. The number of pyridine rings is 1. The van der Waals surface area contributed by atoms with Gasteiger partial charge in [0.1, 0.15) is 0 Å². The predicted octanol–water partition coefficient (Wildman–Crippen LogP) is 7.15. The Labute approximate surface area is 152 Å². The molecule has 24 heavy (non-hydrogen) atoms. The largest absolute Gasteiger partial charge is 0.256 e. The number of benzene rings is 1. The number of hydrogen-bond donors (Lipinski definition) is 0. The van der Waals surface area contributed by atoms with Crippen molar-refractivity contribution in [3.05, 3.63) is 48.2 Å². The number of aromatic nitrogens is 1. The lowest BCUT2D eigenvalue weighted by Gasteiger charge is -2.05. The molecule has 1 aromatic heterocycles. The van der Waals surface area contributed by atoms with E-state index in [0.717, 1.165) is 12.1 Å². The summed E-state index contributed by atoms with van der Waals surface area (Å²) in [6.45, 7) is 4.48. The number of aryl methyl sites for hydroxylation is 1. The zero-order valence-corrected chi connectivity index (χ0v) is 16.1. The summed E-state index contributed by atoms with van der Waals surface area (Å²) >= 11 is 1.98. The summed E-state index contributed by atoms with van der Waals surface area (Å²) in [7, 11) is 0. The monoisotopic (exact) mass is 341 g/mol. The second-order valence-corrected chi connectivity index (χ2v) is 7.61.